The Bertz CT molecular complexity index is 1310. The minimum absolute atomic E-state index is 0.186. The van der Waals surface area contributed by atoms with Gasteiger partial charge in [-0.3, -0.25) is 0 Å². The van der Waals surface area contributed by atoms with E-state index in [1.54, 1.807) is 6.92 Å². The number of nitrogens with one attached hydrogen (secondary N) is 2. The number of hydrogen-bond acceptors (Lipinski definition) is 7. The molecule has 0 aromatic carbocycles. The number of aromatic nitrogens is 7. The van der Waals surface area contributed by atoms with Crippen molar-refractivity contribution in [1.82, 2.24) is 34.6 Å². The molecule has 4 aromatic heterocycles. The average Bonchev–Trinajstić information content (AvgIpc) is 3.41. The van der Waals surface area contributed by atoms with Crippen LogP contribution in [0, 0.1) is 0 Å². The highest BCUT2D eigenvalue weighted by atomic mass is 35.5. The second-order valence-corrected chi connectivity index (χ2v) is 7.05. The molecule has 4 rings (SSSR count). The van der Waals surface area contributed by atoms with Gasteiger partial charge in [0.15, 0.2) is 16.6 Å². The van der Waals surface area contributed by atoms with Crippen LogP contribution in [-0.2, 0) is 10.9 Å². The molecule has 0 saturated heterocycles. The highest BCUT2D eigenvalue weighted by Crippen LogP contribution is 2.34. The van der Waals surface area contributed by atoms with Crippen LogP contribution in [-0.4, -0.2) is 47.7 Å². The largest absolute Gasteiger partial charge is 0.420 e. The summed E-state index contributed by atoms with van der Waals surface area (Å²) in [5, 5.41) is 16.5. The van der Waals surface area contributed by atoms with E-state index in [1.165, 1.54) is 36.3 Å². The van der Waals surface area contributed by atoms with Crippen molar-refractivity contribution in [1.29, 1.82) is 0 Å². The molecule has 1 atom stereocenters. The first-order chi connectivity index (χ1) is 15.7. The summed E-state index contributed by atoms with van der Waals surface area (Å²) in [7, 11) is 1.46. The van der Waals surface area contributed by atoms with Crippen molar-refractivity contribution in [3.05, 3.63) is 53.3 Å². The zero-order valence-electron chi connectivity index (χ0n) is 17.0. The quantitative estimate of drug-likeness (QED) is 0.445. The minimum Gasteiger partial charge on any atom is -0.375 e. The smallest absolute Gasteiger partial charge is 0.375 e. The van der Waals surface area contributed by atoms with Crippen LogP contribution in [0.15, 0.2) is 36.9 Å². The fraction of sp³-hybridized carbons (Fsp3) is 0.222. The number of fused-ring (bicyclic) bond motifs is 1. The molecule has 15 heteroatoms. The van der Waals surface area contributed by atoms with Gasteiger partial charge < -0.3 is 15.4 Å². The van der Waals surface area contributed by atoms with Gasteiger partial charge in [-0.25, -0.2) is 19.3 Å². The molecule has 2 N–H and O–H groups in total. The van der Waals surface area contributed by atoms with E-state index >= 15 is 0 Å². The molecule has 0 radical (unpaired) electrons. The predicted octanol–water partition coefficient (Wildman–Crippen LogP) is 3.73. The summed E-state index contributed by atoms with van der Waals surface area (Å²) in [4.78, 5) is 21.2. The number of halogens is 4. The molecule has 172 valence electrons. The van der Waals surface area contributed by atoms with Gasteiger partial charge in [0.1, 0.15) is 5.56 Å². The van der Waals surface area contributed by atoms with Crippen LogP contribution < -0.4 is 10.6 Å². The fourth-order valence-corrected chi connectivity index (χ4v) is 3.20. The van der Waals surface area contributed by atoms with Gasteiger partial charge >= 0.3 is 12.2 Å². The molecule has 0 saturated carbocycles. The van der Waals surface area contributed by atoms with Crippen LogP contribution in [0.4, 0.5) is 29.3 Å². The Morgan fingerprint density at radius 3 is 2.55 bits per heavy atom. The Morgan fingerprint density at radius 1 is 1.15 bits per heavy atom. The van der Waals surface area contributed by atoms with E-state index < -0.39 is 29.7 Å². The van der Waals surface area contributed by atoms with Crippen LogP contribution in [0.5, 0.6) is 0 Å². The lowest BCUT2D eigenvalue weighted by Crippen LogP contribution is -2.23. The number of amides is 2. The number of carbonyl (C=O) groups is 1. The van der Waals surface area contributed by atoms with E-state index in [1.807, 2.05) is 0 Å². The molecule has 2 amide bonds. The lowest BCUT2D eigenvalue weighted by molar-refractivity contribution is -0.137. The van der Waals surface area contributed by atoms with Crippen LogP contribution in [0.25, 0.3) is 11.5 Å². The van der Waals surface area contributed by atoms with Crippen molar-refractivity contribution in [3.63, 3.8) is 0 Å². The highest BCUT2D eigenvalue weighted by molar-refractivity contribution is 6.29. The maximum Gasteiger partial charge on any atom is 0.420 e. The summed E-state index contributed by atoms with van der Waals surface area (Å²) in [5.41, 5.74) is -0.256. The second kappa shape index (κ2) is 8.63. The Hall–Kier alpha value is -3.78. The van der Waals surface area contributed by atoms with Crippen molar-refractivity contribution < 1.29 is 22.7 Å². The van der Waals surface area contributed by atoms with Crippen molar-refractivity contribution in [2.24, 2.45) is 0 Å². The van der Waals surface area contributed by atoms with E-state index in [9.17, 15) is 18.0 Å². The Labute approximate surface area is 188 Å². The number of nitrogens with zero attached hydrogens (tertiary/aromatic N) is 7. The SMILES string of the molecule is COC(C)c1c(NC(=O)Nc2cnc(-n3nccn3)c(C(F)(F)F)c2)cnc2cc(Cl)nn12. The van der Waals surface area contributed by atoms with Crippen LogP contribution in [0.1, 0.15) is 24.3 Å². The molecule has 4 aromatic rings. The first-order valence-electron chi connectivity index (χ1n) is 9.26. The van der Waals surface area contributed by atoms with Gasteiger partial charge in [0.25, 0.3) is 0 Å². The third kappa shape index (κ3) is 4.56. The molecular weight excluding hydrogens is 467 g/mol. The van der Waals surface area contributed by atoms with Crippen LogP contribution in [0.2, 0.25) is 5.15 Å². The fourth-order valence-electron chi connectivity index (χ4n) is 3.03. The number of rotatable bonds is 5. The molecular formula is C18H15ClF3N9O2. The first-order valence-corrected chi connectivity index (χ1v) is 9.64. The number of pyridine rings is 1. The van der Waals surface area contributed by atoms with Crippen molar-refractivity contribution >= 4 is 34.7 Å². The Balaban J connectivity index is 1.63. The van der Waals surface area contributed by atoms with Crippen molar-refractivity contribution in [3.8, 4) is 5.82 Å². The van der Waals surface area contributed by atoms with Gasteiger partial charge in [-0.2, -0.15) is 28.5 Å². The maximum absolute atomic E-state index is 13.6. The molecule has 33 heavy (non-hydrogen) atoms. The third-order valence-electron chi connectivity index (χ3n) is 4.52. The topological polar surface area (TPSA) is 124 Å². The number of ether oxygens (including phenoxy) is 1. The summed E-state index contributed by atoms with van der Waals surface area (Å²) in [6.07, 6.45) is -0.430. The number of carbonyl (C=O) groups excluding carboxylic acids is 1. The van der Waals surface area contributed by atoms with Crippen LogP contribution in [0.3, 0.4) is 0 Å². The third-order valence-corrected chi connectivity index (χ3v) is 4.70. The Kier molecular flexibility index (Phi) is 5.86. The monoisotopic (exact) mass is 481 g/mol. The highest BCUT2D eigenvalue weighted by Gasteiger charge is 2.36. The van der Waals surface area contributed by atoms with E-state index in [0.717, 1.165) is 17.1 Å². The van der Waals surface area contributed by atoms with Gasteiger partial charge in [0.2, 0.25) is 0 Å². The average molecular weight is 482 g/mol. The molecule has 11 nitrogen and oxygen atoms in total. The molecule has 1 unspecified atom stereocenters. The first kappa shape index (κ1) is 22.4. The summed E-state index contributed by atoms with van der Waals surface area (Å²) in [5.74, 6) is -0.528. The molecule has 0 bridgehead atoms. The predicted molar refractivity (Wildman–Crippen MR) is 110 cm³/mol. The molecule has 0 aliphatic heterocycles. The van der Waals surface area contributed by atoms with Crippen molar-refractivity contribution in [2.75, 3.05) is 17.7 Å². The number of methoxy groups -OCH3 is 1. The second-order valence-electron chi connectivity index (χ2n) is 6.66. The van der Waals surface area contributed by atoms with Gasteiger partial charge in [-0.15, -0.1) is 4.80 Å². The van der Waals surface area contributed by atoms with Gasteiger partial charge in [0, 0.05) is 13.2 Å². The zero-order valence-corrected chi connectivity index (χ0v) is 17.8. The number of urea groups is 1. The molecule has 0 aliphatic carbocycles. The van der Waals surface area contributed by atoms with E-state index in [4.69, 9.17) is 16.3 Å². The minimum atomic E-state index is -4.76. The normalized spacial score (nSPS) is 12.7. The van der Waals surface area contributed by atoms with E-state index in [0.29, 0.717) is 11.3 Å². The van der Waals surface area contributed by atoms with Crippen molar-refractivity contribution in [2.45, 2.75) is 19.2 Å². The molecule has 0 aliphatic rings. The lowest BCUT2D eigenvalue weighted by atomic mass is 10.2. The summed E-state index contributed by atoms with van der Waals surface area (Å²) < 4.78 is 47.4. The van der Waals surface area contributed by atoms with Crippen LogP contribution >= 0.6 is 11.6 Å². The number of hydrogen-bond donors (Lipinski definition) is 2. The van der Waals surface area contributed by atoms with E-state index in [-0.39, 0.29) is 16.5 Å². The zero-order chi connectivity index (χ0) is 23.8. The number of anilines is 2. The van der Waals surface area contributed by atoms with E-state index in [2.05, 4.69) is 35.9 Å². The van der Waals surface area contributed by atoms with Gasteiger partial charge in [-0.05, 0) is 13.0 Å². The molecule has 0 spiro atoms. The standard InChI is InChI=1S/C18H15ClF3N9O2/c1-9(33-2)15-12(8-23-14-6-13(19)29-30(14)15)28-17(32)27-10-5-11(18(20,21)22)16(24-7-10)31-25-3-4-26-31/h3-9H,1-2H3,(H2,27,28,32). The number of alkyl halides is 3. The summed E-state index contributed by atoms with van der Waals surface area (Å²) in [6, 6.07) is 1.43. The molecule has 0 fully saturated rings. The van der Waals surface area contributed by atoms with Gasteiger partial charge in [0.05, 0.1) is 48.0 Å². The molecule has 4 heterocycles. The van der Waals surface area contributed by atoms with Gasteiger partial charge in [-0.1, -0.05) is 11.6 Å². The maximum atomic E-state index is 13.6. The Morgan fingerprint density at radius 2 is 1.88 bits per heavy atom. The summed E-state index contributed by atoms with van der Waals surface area (Å²) >= 11 is 5.95. The summed E-state index contributed by atoms with van der Waals surface area (Å²) in [6.45, 7) is 1.72. The lowest BCUT2D eigenvalue weighted by Gasteiger charge is -2.17.